The number of esters is 7. The molecule has 2 aliphatic rings. The van der Waals surface area contributed by atoms with Crippen LogP contribution in [0.3, 0.4) is 0 Å². The zero-order valence-electron chi connectivity index (χ0n) is 41.7. The van der Waals surface area contributed by atoms with Crippen LogP contribution in [0.15, 0.2) is 30.3 Å². The van der Waals surface area contributed by atoms with Gasteiger partial charge in [-0.25, -0.2) is 9.59 Å². The van der Waals surface area contributed by atoms with Crippen LogP contribution in [-0.2, 0) is 111 Å². The van der Waals surface area contributed by atoms with Gasteiger partial charge in [0.25, 0.3) is 5.79 Å². The number of hydrogen-bond acceptors (Lipinski definition) is 24. The van der Waals surface area contributed by atoms with Crippen molar-refractivity contribution >= 4 is 65.6 Å². The van der Waals surface area contributed by atoms with E-state index in [-0.39, 0.29) is 19.7 Å². The molecule has 0 aliphatic carbocycles. The van der Waals surface area contributed by atoms with Crippen molar-refractivity contribution in [2.24, 2.45) is 5.73 Å². The summed E-state index contributed by atoms with van der Waals surface area (Å²) in [6.45, 7) is 5.52. The molecule has 73 heavy (non-hydrogen) atoms. The molecule has 2 aliphatic heterocycles. The van der Waals surface area contributed by atoms with E-state index in [1.165, 1.54) is 0 Å². The van der Waals surface area contributed by atoms with Gasteiger partial charge in [-0.15, -0.1) is 0 Å². The van der Waals surface area contributed by atoms with E-state index in [0.717, 1.165) is 68.1 Å². The zero-order valence-corrected chi connectivity index (χ0v) is 41.7. The highest BCUT2D eigenvalue weighted by Gasteiger charge is 2.60. The molecule has 12 atom stereocenters. The van der Waals surface area contributed by atoms with Crippen LogP contribution in [0.5, 0.6) is 0 Å². The van der Waals surface area contributed by atoms with Gasteiger partial charge in [-0.05, 0) is 5.56 Å². The van der Waals surface area contributed by atoms with Gasteiger partial charge in [-0.2, -0.15) is 0 Å². The van der Waals surface area contributed by atoms with Crippen molar-refractivity contribution < 1.29 is 110 Å². The first-order valence-electron chi connectivity index (χ1n) is 22.5. The Morgan fingerprint density at radius 1 is 0.699 bits per heavy atom. The maximum absolute atomic E-state index is 14.1. The molecule has 28 heteroatoms. The van der Waals surface area contributed by atoms with E-state index in [4.69, 9.17) is 62.6 Å². The minimum atomic E-state index is -2.81. The van der Waals surface area contributed by atoms with Crippen molar-refractivity contribution in [1.29, 1.82) is 0 Å². The molecule has 2 fully saturated rings. The van der Waals surface area contributed by atoms with Crippen LogP contribution in [0.1, 0.15) is 67.4 Å². The average molecular weight is 1040 g/mol. The van der Waals surface area contributed by atoms with E-state index in [2.05, 4.69) is 21.3 Å². The largest absolute Gasteiger partial charge is 0.465 e. The average Bonchev–Trinajstić information content (AvgIpc) is 3.30. The molecule has 2 saturated heterocycles. The summed E-state index contributed by atoms with van der Waals surface area (Å²) in [5.41, 5.74) is 6.91. The number of methoxy groups -OCH3 is 1. The molecule has 0 unspecified atom stereocenters. The van der Waals surface area contributed by atoms with E-state index in [9.17, 15) is 52.7 Å². The van der Waals surface area contributed by atoms with Gasteiger partial charge < -0.3 is 83.8 Å². The number of alkyl carbamates (subject to hydrolysis) is 1. The highest BCUT2D eigenvalue weighted by atomic mass is 16.8. The van der Waals surface area contributed by atoms with E-state index < -0.39 is 165 Å². The molecule has 6 N–H and O–H groups in total. The predicted molar refractivity (Wildman–Crippen MR) is 240 cm³/mol. The van der Waals surface area contributed by atoms with Gasteiger partial charge in [-0.1, -0.05) is 30.3 Å². The van der Waals surface area contributed by atoms with Crippen molar-refractivity contribution in [3.8, 4) is 0 Å². The van der Waals surface area contributed by atoms with Crippen molar-refractivity contribution in [2.45, 2.75) is 141 Å². The van der Waals surface area contributed by atoms with Gasteiger partial charge in [-0.3, -0.25) is 43.2 Å². The lowest BCUT2D eigenvalue weighted by molar-refractivity contribution is -0.333. The van der Waals surface area contributed by atoms with Gasteiger partial charge in [0.05, 0.1) is 32.8 Å². The zero-order chi connectivity index (χ0) is 54.6. The summed E-state index contributed by atoms with van der Waals surface area (Å²) in [4.78, 5) is 140. The lowest BCUT2D eigenvalue weighted by atomic mass is 9.87. The first-order valence-corrected chi connectivity index (χ1v) is 22.5. The second-order valence-electron chi connectivity index (χ2n) is 16.4. The summed E-state index contributed by atoms with van der Waals surface area (Å²) < 4.78 is 67.7. The second-order valence-corrected chi connectivity index (χ2v) is 16.4. The van der Waals surface area contributed by atoms with Crippen LogP contribution in [0.4, 0.5) is 4.79 Å². The molecule has 28 nitrogen and oxygen atoms in total. The Morgan fingerprint density at radius 2 is 1.29 bits per heavy atom. The van der Waals surface area contributed by atoms with Crippen LogP contribution in [0.2, 0.25) is 0 Å². The molecule has 0 aromatic heterocycles. The minimum absolute atomic E-state index is 0.00582. The molecule has 0 radical (unpaired) electrons. The Balaban J connectivity index is 2.04. The molecule has 1 aromatic carbocycles. The fraction of sp³-hybridized carbons (Fsp3) is 0.622. The lowest BCUT2D eigenvalue weighted by Crippen LogP contribution is -2.70. The second kappa shape index (κ2) is 28.9. The highest BCUT2D eigenvalue weighted by Crippen LogP contribution is 2.38. The van der Waals surface area contributed by atoms with Gasteiger partial charge >= 0.3 is 47.9 Å². The quantitative estimate of drug-likeness (QED) is 0.0425. The van der Waals surface area contributed by atoms with Gasteiger partial charge in [0.15, 0.2) is 30.7 Å². The van der Waals surface area contributed by atoms with E-state index in [1.807, 2.05) is 0 Å². The Kier molecular flexibility index (Phi) is 23.9. The summed E-state index contributed by atoms with van der Waals surface area (Å²) in [7, 11) is 0.910. The topological polar surface area (TPSA) is 373 Å². The maximum atomic E-state index is 14.1. The number of ether oxygens (including phenoxy) is 12. The number of nitrogens with two attached hydrogens (primary N) is 1. The minimum Gasteiger partial charge on any atom is -0.465 e. The van der Waals surface area contributed by atoms with Crippen LogP contribution in [0.25, 0.3) is 0 Å². The summed E-state index contributed by atoms with van der Waals surface area (Å²) in [6.07, 6.45) is -15.6. The first kappa shape index (κ1) is 60.3. The third-order valence-electron chi connectivity index (χ3n) is 10.3. The number of hydrogen-bond donors (Lipinski definition) is 5. The molecule has 1 aromatic rings. The van der Waals surface area contributed by atoms with Crippen LogP contribution in [0, 0.1) is 0 Å². The Morgan fingerprint density at radius 3 is 1.85 bits per heavy atom. The number of nitrogens with one attached hydrogen (secondary N) is 4. The number of rotatable bonds is 24. The van der Waals surface area contributed by atoms with Crippen LogP contribution >= 0.6 is 0 Å². The lowest BCUT2D eigenvalue weighted by Gasteiger charge is -2.49. The fourth-order valence-corrected chi connectivity index (χ4v) is 7.53. The predicted octanol–water partition coefficient (Wildman–Crippen LogP) is -2.00. The number of carbonyl (C=O) groups is 11. The van der Waals surface area contributed by atoms with Gasteiger partial charge in [0.1, 0.15) is 43.6 Å². The van der Waals surface area contributed by atoms with E-state index in [0.29, 0.717) is 0 Å². The van der Waals surface area contributed by atoms with Gasteiger partial charge in [0.2, 0.25) is 17.7 Å². The van der Waals surface area contributed by atoms with Crippen molar-refractivity contribution in [2.75, 3.05) is 40.0 Å². The Labute approximate surface area is 418 Å². The molecule has 2 heterocycles. The number of benzene rings is 1. The highest BCUT2D eigenvalue weighted by molar-refractivity contribution is 5.82. The Hall–Kier alpha value is -7.01. The van der Waals surface area contributed by atoms with Crippen LogP contribution < -0.4 is 27.0 Å². The number of carbonyl (C=O) groups excluding carboxylic acids is 11. The van der Waals surface area contributed by atoms with Crippen LogP contribution in [-0.4, -0.2) is 179 Å². The molecule has 3 rings (SSSR count). The van der Waals surface area contributed by atoms with Crippen molar-refractivity contribution in [3.05, 3.63) is 35.9 Å². The normalized spacial score (nSPS) is 24.5. The molecular formula is C45H63N5O23. The summed E-state index contributed by atoms with van der Waals surface area (Å²) >= 11 is 0. The molecule has 4 amide bonds. The maximum Gasteiger partial charge on any atom is 0.407 e. The molecular weight excluding hydrogens is 979 g/mol. The summed E-state index contributed by atoms with van der Waals surface area (Å²) in [5, 5.41) is 10.0. The van der Waals surface area contributed by atoms with E-state index >= 15 is 0 Å². The third-order valence-corrected chi connectivity index (χ3v) is 10.3. The Bertz CT molecular complexity index is 2130. The molecule has 0 bridgehead atoms. The first-order chi connectivity index (χ1) is 34.4. The smallest absolute Gasteiger partial charge is 0.407 e. The SMILES string of the molecule is COC(=O)[C@@]1(OC[C@H]2O[C@H](OC[C@H](N)C(=O)NCCNC(=O)OCc3ccccc3)[C@H](NC(C)=O)[C@@H](OC(C)=O)[C@H]2OC(C)=O)C[C@H](OC(C)=O)[C@@H](NC(C)=O)[C@H]([C@H](OC(C)=O)[C@@H](COC(C)=O)OC(C)=O)O1. The van der Waals surface area contributed by atoms with Crippen molar-refractivity contribution in [3.63, 3.8) is 0 Å². The van der Waals surface area contributed by atoms with Gasteiger partial charge in [0, 0.05) is 68.5 Å². The standard InChI is InChI=1S/C45H63N5O23/c1-22(51)49-35-32(67-25(4)54)17-45(43(60)62-9,73-40(35)38(70-28(7)57)33(68-26(5)55)20-63-24(3)53)66-21-34-37(69-27(6)56)39(71-29(8)58)36(50-23(2)52)42(72-34)64-19-31(46)41(59)47-15-16-48-44(61)65-18-30-13-11-10-12-14-30/h10-14,31-40,42H,15-21,46H2,1-9H3,(H,47,59)(H,48,61)(H,49,51)(H,50,52)/t31-,32-,33+,34+,35+,36+,37-,38+,39+,40+,42-,45+/m0/s1. The fourth-order valence-electron chi connectivity index (χ4n) is 7.53. The third kappa shape index (κ3) is 19.5. The summed E-state index contributed by atoms with van der Waals surface area (Å²) in [5.74, 6) is -12.3. The summed E-state index contributed by atoms with van der Waals surface area (Å²) in [6, 6.07) is 4.36. The van der Waals surface area contributed by atoms with E-state index in [1.54, 1.807) is 30.3 Å². The molecule has 406 valence electrons. The van der Waals surface area contributed by atoms with Crippen molar-refractivity contribution in [1.82, 2.24) is 21.3 Å². The molecule has 0 saturated carbocycles. The number of amides is 4. The monoisotopic (exact) mass is 1040 g/mol. The molecule has 0 spiro atoms.